The summed E-state index contributed by atoms with van der Waals surface area (Å²) in [4.78, 5) is 13.1. The molecule has 0 bridgehead atoms. The van der Waals surface area contributed by atoms with E-state index in [0.29, 0.717) is 6.54 Å². The van der Waals surface area contributed by atoms with E-state index in [9.17, 15) is 4.79 Å². The zero-order valence-corrected chi connectivity index (χ0v) is 7.10. The van der Waals surface area contributed by atoms with Crippen molar-refractivity contribution in [3.05, 3.63) is 0 Å². The topological polar surface area (TPSA) is 32.3 Å². The molecule has 0 radical (unpaired) electrons. The highest BCUT2D eigenvalue weighted by Crippen LogP contribution is 2.07. The number of piperidine rings is 1. The summed E-state index contributed by atoms with van der Waals surface area (Å²) in [6.45, 7) is 2.76. The molecular weight excluding hydrogens is 140 g/mol. The lowest BCUT2D eigenvalue weighted by atomic mass is 10.1. The summed E-state index contributed by atoms with van der Waals surface area (Å²) in [6, 6.07) is 0. The van der Waals surface area contributed by atoms with Crippen LogP contribution in [0.2, 0.25) is 0 Å². The fourth-order valence-corrected chi connectivity index (χ4v) is 1.40. The van der Waals surface area contributed by atoms with Crippen molar-refractivity contribution in [1.82, 2.24) is 10.2 Å². The smallest absolute Gasteiger partial charge is 0.233 e. The molecule has 1 aliphatic rings. The first kappa shape index (κ1) is 8.53. The van der Waals surface area contributed by atoms with E-state index in [1.54, 1.807) is 7.05 Å². The van der Waals surface area contributed by atoms with Gasteiger partial charge in [-0.3, -0.25) is 9.69 Å². The summed E-state index contributed by atoms with van der Waals surface area (Å²) in [5, 5.41) is 2.63. The largest absolute Gasteiger partial charge is 0.358 e. The Morgan fingerprint density at radius 3 is 2.55 bits per heavy atom. The fraction of sp³-hybridized carbons (Fsp3) is 0.875. The van der Waals surface area contributed by atoms with Gasteiger partial charge in [-0.15, -0.1) is 0 Å². The number of hydrogen-bond acceptors (Lipinski definition) is 2. The number of amides is 1. The molecule has 0 aliphatic carbocycles. The molecular formula is C8H16N2O. The third-order valence-corrected chi connectivity index (χ3v) is 2.09. The van der Waals surface area contributed by atoms with Gasteiger partial charge in [0.1, 0.15) is 0 Å². The second-order valence-corrected chi connectivity index (χ2v) is 3.01. The quantitative estimate of drug-likeness (QED) is 0.620. The summed E-state index contributed by atoms with van der Waals surface area (Å²) >= 11 is 0. The molecule has 0 unspecified atom stereocenters. The minimum Gasteiger partial charge on any atom is -0.358 e. The number of carbonyl (C=O) groups is 1. The standard InChI is InChI=1S/C8H16N2O/c1-9-8(11)7-10-5-3-2-4-6-10/h2-7H2,1H3,(H,9,11). The van der Waals surface area contributed by atoms with Gasteiger partial charge in [-0.2, -0.15) is 0 Å². The lowest BCUT2D eigenvalue weighted by Gasteiger charge is -2.25. The van der Waals surface area contributed by atoms with Crippen LogP contribution in [0.5, 0.6) is 0 Å². The van der Waals surface area contributed by atoms with Gasteiger partial charge in [-0.25, -0.2) is 0 Å². The molecule has 1 rings (SSSR count). The van der Waals surface area contributed by atoms with E-state index in [1.165, 1.54) is 19.3 Å². The summed E-state index contributed by atoms with van der Waals surface area (Å²) < 4.78 is 0. The summed E-state index contributed by atoms with van der Waals surface area (Å²) in [5.41, 5.74) is 0. The first-order chi connectivity index (χ1) is 5.33. The predicted octanol–water partition coefficient (Wildman–Crippen LogP) is 0.218. The van der Waals surface area contributed by atoms with Gasteiger partial charge in [0.15, 0.2) is 0 Å². The molecule has 0 spiro atoms. The molecule has 0 atom stereocenters. The monoisotopic (exact) mass is 156 g/mol. The zero-order chi connectivity index (χ0) is 8.10. The molecule has 3 nitrogen and oxygen atoms in total. The number of likely N-dealkylation sites (N-methyl/N-ethyl adjacent to an activating group) is 1. The molecule has 1 aliphatic heterocycles. The fourth-order valence-electron chi connectivity index (χ4n) is 1.40. The van der Waals surface area contributed by atoms with E-state index in [2.05, 4.69) is 10.2 Å². The number of likely N-dealkylation sites (tertiary alicyclic amines) is 1. The van der Waals surface area contributed by atoms with Gasteiger partial charge in [0.2, 0.25) is 5.91 Å². The molecule has 0 aromatic rings. The van der Waals surface area contributed by atoms with Crippen LogP contribution in [0, 0.1) is 0 Å². The predicted molar refractivity (Wildman–Crippen MR) is 44.4 cm³/mol. The van der Waals surface area contributed by atoms with Crippen LogP contribution in [0.15, 0.2) is 0 Å². The molecule has 11 heavy (non-hydrogen) atoms. The number of nitrogens with zero attached hydrogens (tertiary/aromatic N) is 1. The highest BCUT2D eigenvalue weighted by atomic mass is 16.1. The molecule has 0 aromatic carbocycles. The third-order valence-electron chi connectivity index (χ3n) is 2.09. The summed E-state index contributed by atoms with van der Waals surface area (Å²) in [5.74, 6) is 0.131. The van der Waals surface area contributed by atoms with Crippen molar-refractivity contribution >= 4 is 5.91 Å². The van der Waals surface area contributed by atoms with Crippen LogP contribution in [0.25, 0.3) is 0 Å². The number of rotatable bonds is 2. The molecule has 0 saturated carbocycles. The Kier molecular flexibility index (Phi) is 3.36. The number of carbonyl (C=O) groups excluding carboxylic acids is 1. The number of hydrogen-bond donors (Lipinski definition) is 1. The Hall–Kier alpha value is -0.570. The highest BCUT2D eigenvalue weighted by Gasteiger charge is 2.11. The van der Waals surface area contributed by atoms with E-state index in [0.717, 1.165) is 13.1 Å². The maximum Gasteiger partial charge on any atom is 0.233 e. The van der Waals surface area contributed by atoms with E-state index >= 15 is 0 Å². The van der Waals surface area contributed by atoms with Gasteiger partial charge in [0.05, 0.1) is 6.54 Å². The van der Waals surface area contributed by atoms with Gasteiger partial charge in [0, 0.05) is 7.05 Å². The normalized spacial score (nSPS) is 19.7. The van der Waals surface area contributed by atoms with E-state index in [1.807, 2.05) is 0 Å². The zero-order valence-electron chi connectivity index (χ0n) is 7.10. The Balaban J connectivity index is 2.19. The summed E-state index contributed by atoms with van der Waals surface area (Å²) in [7, 11) is 1.69. The maximum absolute atomic E-state index is 10.9. The van der Waals surface area contributed by atoms with Crippen molar-refractivity contribution in [3.63, 3.8) is 0 Å². The molecule has 3 heteroatoms. The van der Waals surface area contributed by atoms with Crippen LogP contribution in [-0.2, 0) is 4.79 Å². The van der Waals surface area contributed by atoms with Crippen LogP contribution in [0.1, 0.15) is 19.3 Å². The van der Waals surface area contributed by atoms with Crippen LogP contribution >= 0.6 is 0 Å². The average molecular weight is 156 g/mol. The molecule has 64 valence electrons. The van der Waals surface area contributed by atoms with E-state index in [4.69, 9.17) is 0 Å². The van der Waals surface area contributed by atoms with Crippen molar-refractivity contribution in [2.24, 2.45) is 0 Å². The van der Waals surface area contributed by atoms with Crippen molar-refractivity contribution in [2.45, 2.75) is 19.3 Å². The first-order valence-corrected chi connectivity index (χ1v) is 4.26. The summed E-state index contributed by atoms with van der Waals surface area (Å²) in [6.07, 6.45) is 3.82. The average Bonchev–Trinajstić information content (AvgIpc) is 2.06. The van der Waals surface area contributed by atoms with Gasteiger partial charge in [-0.1, -0.05) is 6.42 Å². The Morgan fingerprint density at radius 2 is 2.00 bits per heavy atom. The second-order valence-electron chi connectivity index (χ2n) is 3.01. The Labute approximate surface area is 67.8 Å². The SMILES string of the molecule is CNC(=O)CN1CCCCC1. The van der Waals surface area contributed by atoms with Gasteiger partial charge >= 0.3 is 0 Å². The first-order valence-electron chi connectivity index (χ1n) is 4.26. The minimum atomic E-state index is 0.131. The lowest BCUT2D eigenvalue weighted by molar-refractivity contribution is -0.121. The molecule has 1 fully saturated rings. The van der Waals surface area contributed by atoms with Crippen LogP contribution in [0.3, 0.4) is 0 Å². The molecule has 1 amide bonds. The van der Waals surface area contributed by atoms with Crippen molar-refractivity contribution in [3.8, 4) is 0 Å². The number of nitrogens with one attached hydrogen (secondary N) is 1. The van der Waals surface area contributed by atoms with Crippen molar-refractivity contribution in [1.29, 1.82) is 0 Å². The van der Waals surface area contributed by atoms with Crippen molar-refractivity contribution < 1.29 is 4.79 Å². The lowest BCUT2D eigenvalue weighted by Crippen LogP contribution is -2.38. The van der Waals surface area contributed by atoms with Gasteiger partial charge in [-0.05, 0) is 25.9 Å². The molecule has 0 aromatic heterocycles. The Bertz CT molecular complexity index is 130. The Morgan fingerprint density at radius 1 is 1.36 bits per heavy atom. The van der Waals surface area contributed by atoms with Gasteiger partial charge in [0.25, 0.3) is 0 Å². The third kappa shape index (κ3) is 2.89. The van der Waals surface area contributed by atoms with Crippen molar-refractivity contribution in [2.75, 3.05) is 26.7 Å². The van der Waals surface area contributed by atoms with Crippen LogP contribution < -0.4 is 5.32 Å². The molecule has 1 N–H and O–H groups in total. The molecule has 1 heterocycles. The molecule has 1 saturated heterocycles. The van der Waals surface area contributed by atoms with Crippen LogP contribution in [-0.4, -0.2) is 37.5 Å². The van der Waals surface area contributed by atoms with Crippen LogP contribution in [0.4, 0.5) is 0 Å². The van der Waals surface area contributed by atoms with Gasteiger partial charge < -0.3 is 5.32 Å². The second kappa shape index (κ2) is 4.34. The van der Waals surface area contributed by atoms with E-state index in [-0.39, 0.29) is 5.91 Å². The maximum atomic E-state index is 10.9. The highest BCUT2D eigenvalue weighted by molar-refractivity contribution is 5.77. The van der Waals surface area contributed by atoms with E-state index < -0.39 is 0 Å². The minimum absolute atomic E-state index is 0.131.